The van der Waals surface area contributed by atoms with Crippen LogP contribution in [0.3, 0.4) is 0 Å². The highest BCUT2D eigenvalue weighted by Crippen LogP contribution is 2.34. The molecule has 0 aliphatic rings. The van der Waals surface area contributed by atoms with Crippen molar-refractivity contribution in [2.45, 2.75) is 0 Å². The first-order valence-electron chi connectivity index (χ1n) is 4.48. The van der Waals surface area contributed by atoms with Gasteiger partial charge in [-0.15, -0.1) is 0 Å². The third kappa shape index (κ3) is 3.43. The summed E-state index contributed by atoms with van der Waals surface area (Å²) in [5.41, 5.74) is -0.133. The summed E-state index contributed by atoms with van der Waals surface area (Å²) in [6.45, 7) is 0.227. The second-order valence-electron chi connectivity index (χ2n) is 2.81. The Morgan fingerprint density at radius 3 is 2.88 bits per heavy atom. The third-order valence-corrected chi connectivity index (χ3v) is 2.25. The minimum atomic E-state index is -0.524. The van der Waals surface area contributed by atoms with Crippen LogP contribution < -0.4 is 4.74 Å². The zero-order chi connectivity index (χ0) is 12.0. The molecule has 1 rings (SSSR count). The van der Waals surface area contributed by atoms with Crippen LogP contribution in [0.25, 0.3) is 0 Å². The number of hydrogen-bond acceptors (Lipinski definition) is 4. The Morgan fingerprint density at radius 2 is 2.25 bits per heavy atom. The molecule has 0 saturated carbocycles. The topological polar surface area (TPSA) is 52.4 Å². The average molecular weight is 260 g/mol. The molecule has 86 valence electrons. The van der Waals surface area contributed by atoms with Gasteiger partial charge in [-0.1, -0.05) is 29.8 Å². The number of benzene rings is 1. The number of nitro groups is 1. The Balaban J connectivity index is 2.84. The number of halogens is 1. The lowest BCUT2D eigenvalue weighted by atomic mass is 10.3. The number of para-hydroxylation sites is 1. The van der Waals surface area contributed by atoms with Crippen LogP contribution in [0, 0.1) is 10.1 Å². The fraction of sp³-hybridized carbons (Fsp3) is 0.200. The number of thiol groups is 1. The molecule has 0 fully saturated rings. The van der Waals surface area contributed by atoms with Crippen molar-refractivity contribution in [3.05, 3.63) is 45.5 Å². The van der Waals surface area contributed by atoms with E-state index < -0.39 is 4.92 Å². The number of nitro benzene ring substituents is 1. The van der Waals surface area contributed by atoms with Gasteiger partial charge in [-0.3, -0.25) is 10.1 Å². The van der Waals surface area contributed by atoms with Crippen LogP contribution in [-0.2, 0) is 0 Å². The molecule has 0 aliphatic heterocycles. The molecule has 0 heterocycles. The van der Waals surface area contributed by atoms with Gasteiger partial charge < -0.3 is 4.74 Å². The van der Waals surface area contributed by atoms with Crippen LogP contribution in [0.2, 0.25) is 5.02 Å². The second-order valence-corrected chi connectivity index (χ2v) is 3.58. The molecule has 4 nitrogen and oxygen atoms in total. The van der Waals surface area contributed by atoms with Crippen LogP contribution in [0.1, 0.15) is 0 Å². The van der Waals surface area contributed by atoms with Crippen LogP contribution in [-0.4, -0.2) is 17.3 Å². The SMILES string of the molecule is O=[N+]([O-])c1cccc(Cl)c1OC/C=C/CS. The Hall–Kier alpha value is -1.20. The van der Waals surface area contributed by atoms with Crippen molar-refractivity contribution in [3.63, 3.8) is 0 Å². The average Bonchev–Trinajstić information content (AvgIpc) is 2.25. The van der Waals surface area contributed by atoms with Gasteiger partial charge in [0.05, 0.1) is 9.95 Å². The minimum Gasteiger partial charge on any atom is -0.482 e. The zero-order valence-electron chi connectivity index (χ0n) is 8.30. The van der Waals surface area contributed by atoms with Gasteiger partial charge in [-0.25, -0.2) is 0 Å². The summed E-state index contributed by atoms with van der Waals surface area (Å²) < 4.78 is 5.24. The lowest BCUT2D eigenvalue weighted by Crippen LogP contribution is -1.99. The maximum atomic E-state index is 10.7. The second kappa shape index (κ2) is 6.40. The van der Waals surface area contributed by atoms with E-state index in [9.17, 15) is 10.1 Å². The van der Waals surface area contributed by atoms with Crippen LogP contribution in [0.4, 0.5) is 5.69 Å². The summed E-state index contributed by atoms with van der Waals surface area (Å²) in [5.74, 6) is 0.687. The van der Waals surface area contributed by atoms with Crippen molar-refractivity contribution in [2.24, 2.45) is 0 Å². The third-order valence-electron chi connectivity index (χ3n) is 1.74. The largest absolute Gasteiger partial charge is 0.482 e. The summed E-state index contributed by atoms with van der Waals surface area (Å²) in [5, 5.41) is 10.9. The molecule has 0 amide bonds. The molecule has 0 saturated heterocycles. The van der Waals surface area contributed by atoms with Crippen molar-refractivity contribution in [1.82, 2.24) is 0 Å². The van der Waals surface area contributed by atoms with Crippen molar-refractivity contribution in [2.75, 3.05) is 12.4 Å². The molecule has 6 heteroatoms. The van der Waals surface area contributed by atoms with Crippen LogP contribution >= 0.6 is 24.2 Å². The van der Waals surface area contributed by atoms with Gasteiger partial charge in [-0.05, 0) is 6.07 Å². The predicted molar refractivity (Wildman–Crippen MR) is 66.6 cm³/mol. The van der Waals surface area contributed by atoms with Crippen molar-refractivity contribution >= 4 is 29.9 Å². The fourth-order valence-corrected chi connectivity index (χ4v) is 1.43. The summed E-state index contributed by atoms with van der Waals surface area (Å²) >= 11 is 9.80. The first-order chi connectivity index (χ1) is 7.66. The Morgan fingerprint density at radius 1 is 1.50 bits per heavy atom. The van der Waals surface area contributed by atoms with Crippen LogP contribution in [0.5, 0.6) is 5.75 Å². The lowest BCUT2D eigenvalue weighted by molar-refractivity contribution is -0.385. The highest BCUT2D eigenvalue weighted by atomic mass is 35.5. The molecule has 0 aromatic heterocycles. The zero-order valence-corrected chi connectivity index (χ0v) is 9.95. The van der Waals surface area contributed by atoms with Gasteiger partial charge in [0.2, 0.25) is 5.75 Å². The maximum absolute atomic E-state index is 10.7. The van der Waals surface area contributed by atoms with Crippen molar-refractivity contribution in [3.8, 4) is 5.75 Å². The fourth-order valence-electron chi connectivity index (χ4n) is 1.06. The predicted octanol–water partition coefficient (Wildman–Crippen LogP) is 3.11. The van der Waals surface area contributed by atoms with E-state index in [-0.39, 0.29) is 23.1 Å². The molecular weight excluding hydrogens is 250 g/mol. The Bertz CT molecular complexity index is 409. The summed E-state index contributed by atoms with van der Waals surface area (Å²) in [4.78, 5) is 10.2. The molecule has 1 aromatic carbocycles. The minimum absolute atomic E-state index is 0.0954. The summed E-state index contributed by atoms with van der Waals surface area (Å²) in [6, 6.07) is 4.41. The van der Waals surface area contributed by atoms with E-state index in [2.05, 4.69) is 12.6 Å². The number of nitrogens with zero attached hydrogens (tertiary/aromatic N) is 1. The van der Waals surface area contributed by atoms with E-state index in [1.165, 1.54) is 12.1 Å². The molecule has 0 unspecified atom stereocenters. The number of ether oxygens (including phenoxy) is 1. The van der Waals surface area contributed by atoms with E-state index >= 15 is 0 Å². The van der Waals surface area contributed by atoms with Gasteiger partial charge in [0.15, 0.2) is 0 Å². The quantitative estimate of drug-likeness (QED) is 0.383. The van der Waals surface area contributed by atoms with Gasteiger partial charge in [0.25, 0.3) is 0 Å². The van der Waals surface area contributed by atoms with Crippen molar-refractivity contribution < 1.29 is 9.66 Å². The molecular formula is C10H10ClNO3S. The molecule has 0 atom stereocenters. The first-order valence-corrected chi connectivity index (χ1v) is 5.49. The van der Waals surface area contributed by atoms with Crippen LogP contribution in [0.15, 0.2) is 30.4 Å². The van der Waals surface area contributed by atoms with E-state index in [1.807, 2.05) is 0 Å². The monoisotopic (exact) mass is 259 g/mol. The van der Waals surface area contributed by atoms with Gasteiger partial charge in [0, 0.05) is 11.8 Å². The first kappa shape index (κ1) is 12.9. The Labute approximate surface area is 103 Å². The summed E-state index contributed by atoms with van der Waals surface area (Å²) in [7, 11) is 0. The molecule has 0 aliphatic carbocycles. The van der Waals surface area contributed by atoms with E-state index in [1.54, 1.807) is 18.2 Å². The Kier molecular flexibility index (Phi) is 5.14. The van der Waals surface area contributed by atoms with E-state index in [0.29, 0.717) is 5.75 Å². The van der Waals surface area contributed by atoms with Gasteiger partial charge >= 0.3 is 5.69 Å². The van der Waals surface area contributed by atoms with E-state index in [4.69, 9.17) is 16.3 Å². The molecule has 16 heavy (non-hydrogen) atoms. The molecule has 0 N–H and O–H groups in total. The molecule has 0 radical (unpaired) electrons. The van der Waals surface area contributed by atoms with Gasteiger partial charge in [-0.2, -0.15) is 12.6 Å². The molecule has 0 bridgehead atoms. The van der Waals surface area contributed by atoms with Crippen molar-refractivity contribution in [1.29, 1.82) is 0 Å². The van der Waals surface area contributed by atoms with Gasteiger partial charge in [0.1, 0.15) is 6.61 Å². The molecule has 0 spiro atoms. The lowest BCUT2D eigenvalue weighted by Gasteiger charge is -2.05. The summed E-state index contributed by atoms with van der Waals surface area (Å²) in [6.07, 6.45) is 3.51. The highest BCUT2D eigenvalue weighted by Gasteiger charge is 2.17. The molecule has 1 aromatic rings. The normalized spacial score (nSPS) is 10.6. The number of hydrogen-bond donors (Lipinski definition) is 1. The smallest absolute Gasteiger partial charge is 0.312 e. The van der Waals surface area contributed by atoms with E-state index in [0.717, 1.165) is 0 Å². The number of rotatable bonds is 5. The highest BCUT2D eigenvalue weighted by molar-refractivity contribution is 7.80. The standard InChI is InChI=1S/C10H10ClNO3S/c11-8-4-3-5-9(12(13)14)10(8)15-6-1-2-7-16/h1-5,16H,6-7H2/b2-1+. The maximum Gasteiger partial charge on any atom is 0.312 e.